The predicted molar refractivity (Wildman–Crippen MR) is 47.1 cm³/mol. The van der Waals surface area contributed by atoms with E-state index in [0.29, 0.717) is 13.2 Å². The van der Waals surface area contributed by atoms with Crippen molar-refractivity contribution in [1.82, 2.24) is 5.32 Å². The third-order valence-electron chi connectivity index (χ3n) is 2.21. The van der Waals surface area contributed by atoms with Gasteiger partial charge in [0.25, 0.3) is 0 Å². The van der Waals surface area contributed by atoms with Crippen molar-refractivity contribution in [3.05, 3.63) is 0 Å². The fourth-order valence-corrected chi connectivity index (χ4v) is 1.36. The minimum atomic E-state index is -0.505. The molecule has 1 fully saturated rings. The molecule has 0 aromatic heterocycles. The van der Waals surface area contributed by atoms with Crippen LogP contribution in [0.2, 0.25) is 0 Å². The van der Waals surface area contributed by atoms with Gasteiger partial charge in [-0.05, 0) is 19.8 Å². The van der Waals surface area contributed by atoms with Gasteiger partial charge in [0.05, 0.1) is 6.04 Å². The van der Waals surface area contributed by atoms with Crippen molar-refractivity contribution in [2.45, 2.75) is 25.8 Å². The summed E-state index contributed by atoms with van der Waals surface area (Å²) in [4.78, 5) is 11.4. The molecule has 0 aliphatic carbocycles. The van der Waals surface area contributed by atoms with Crippen LogP contribution in [0.25, 0.3) is 0 Å². The van der Waals surface area contributed by atoms with Crippen molar-refractivity contribution < 1.29 is 13.9 Å². The Labute approximate surface area is 77.6 Å². The Balaban J connectivity index is 2.29. The number of carbonyl (C=O) groups is 1. The normalized spacial score (nSPS) is 21.1. The summed E-state index contributed by atoms with van der Waals surface area (Å²) in [6.45, 7) is 2.44. The number of nitrogens with one attached hydrogen (secondary N) is 1. The van der Waals surface area contributed by atoms with E-state index in [1.165, 1.54) is 0 Å². The second kappa shape index (κ2) is 5.17. The lowest BCUT2D eigenvalue weighted by atomic mass is 9.99. The smallest absolute Gasteiger partial charge is 0.223 e. The van der Waals surface area contributed by atoms with Crippen molar-refractivity contribution in [2.75, 3.05) is 19.9 Å². The summed E-state index contributed by atoms with van der Waals surface area (Å²) in [7, 11) is 0. The molecule has 0 saturated carbocycles. The van der Waals surface area contributed by atoms with Crippen molar-refractivity contribution >= 4 is 5.91 Å². The molecular weight excluding hydrogens is 173 g/mol. The van der Waals surface area contributed by atoms with Gasteiger partial charge in [-0.25, -0.2) is 4.39 Å². The summed E-state index contributed by atoms with van der Waals surface area (Å²) in [6.07, 6.45) is 1.51. The highest BCUT2D eigenvalue weighted by Gasteiger charge is 2.22. The molecule has 1 rings (SSSR count). The zero-order valence-electron chi connectivity index (χ0n) is 7.88. The van der Waals surface area contributed by atoms with E-state index >= 15 is 0 Å². The summed E-state index contributed by atoms with van der Waals surface area (Å²) in [6, 6.07) is -0.365. The van der Waals surface area contributed by atoms with Gasteiger partial charge in [-0.2, -0.15) is 0 Å². The zero-order valence-corrected chi connectivity index (χ0v) is 7.88. The molecule has 3 nitrogen and oxygen atoms in total. The van der Waals surface area contributed by atoms with Gasteiger partial charge < -0.3 is 10.1 Å². The highest BCUT2D eigenvalue weighted by atomic mass is 19.1. The quantitative estimate of drug-likeness (QED) is 0.716. The first-order chi connectivity index (χ1) is 6.24. The lowest BCUT2D eigenvalue weighted by Crippen LogP contribution is -2.40. The van der Waals surface area contributed by atoms with Gasteiger partial charge in [-0.1, -0.05) is 0 Å². The molecule has 0 aromatic rings. The number of carbonyl (C=O) groups excluding carboxylic acids is 1. The van der Waals surface area contributed by atoms with Crippen molar-refractivity contribution in [2.24, 2.45) is 5.92 Å². The maximum absolute atomic E-state index is 12.1. The van der Waals surface area contributed by atoms with E-state index in [-0.39, 0.29) is 17.9 Å². The van der Waals surface area contributed by atoms with Gasteiger partial charge >= 0.3 is 0 Å². The van der Waals surface area contributed by atoms with Gasteiger partial charge in [0.1, 0.15) is 6.67 Å². The Hall–Kier alpha value is -0.640. The van der Waals surface area contributed by atoms with Gasteiger partial charge in [0.2, 0.25) is 5.91 Å². The van der Waals surface area contributed by atoms with Crippen LogP contribution < -0.4 is 5.32 Å². The molecule has 1 aliphatic rings. The van der Waals surface area contributed by atoms with Crippen LogP contribution >= 0.6 is 0 Å². The lowest BCUT2D eigenvalue weighted by Gasteiger charge is -2.22. The molecule has 0 spiro atoms. The fourth-order valence-electron chi connectivity index (χ4n) is 1.36. The SMILES string of the molecule is CC(CF)NC(=O)C1CCOCC1. The van der Waals surface area contributed by atoms with Crippen LogP contribution in [0, 0.1) is 5.92 Å². The number of alkyl halides is 1. The van der Waals surface area contributed by atoms with Crippen LogP contribution in [-0.4, -0.2) is 31.8 Å². The lowest BCUT2D eigenvalue weighted by molar-refractivity contribution is -0.128. The number of ether oxygens (including phenoxy) is 1. The highest BCUT2D eigenvalue weighted by molar-refractivity contribution is 5.78. The van der Waals surface area contributed by atoms with Gasteiger partial charge in [0.15, 0.2) is 0 Å². The number of rotatable bonds is 3. The standard InChI is InChI=1S/C9H16FNO2/c1-7(6-10)11-9(12)8-2-4-13-5-3-8/h7-8H,2-6H2,1H3,(H,11,12). The minimum absolute atomic E-state index is 0.0164. The van der Waals surface area contributed by atoms with Crippen LogP contribution in [0.4, 0.5) is 4.39 Å². The van der Waals surface area contributed by atoms with Gasteiger partial charge in [0, 0.05) is 19.1 Å². The Morgan fingerprint density at radius 2 is 2.23 bits per heavy atom. The molecule has 1 amide bonds. The molecule has 0 aromatic carbocycles. The van der Waals surface area contributed by atoms with Crippen molar-refractivity contribution in [3.63, 3.8) is 0 Å². The van der Waals surface area contributed by atoms with Crippen LogP contribution in [0.3, 0.4) is 0 Å². The summed E-state index contributed by atoms with van der Waals surface area (Å²) in [5.74, 6) is -0.0174. The Bertz CT molecular complexity index is 169. The maximum atomic E-state index is 12.1. The number of amides is 1. The molecule has 1 atom stereocenters. The molecule has 1 heterocycles. The maximum Gasteiger partial charge on any atom is 0.223 e. The Morgan fingerprint density at radius 1 is 1.62 bits per heavy atom. The van der Waals surface area contributed by atoms with E-state index < -0.39 is 6.67 Å². The van der Waals surface area contributed by atoms with E-state index in [9.17, 15) is 9.18 Å². The first kappa shape index (κ1) is 10.4. The molecule has 1 unspecified atom stereocenters. The molecule has 1 saturated heterocycles. The minimum Gasteiger partial charge on any atom is -0.381 e. The average Bonchev–Trinajstić information content (AvgIpc) is 2.19. The Kier molecular flexibility index (Phi) is 4.15. The van der Waals surface area contributed by atoms with E-state index in [2.05, 4.69) is 5.32 Å². The van der Waals surface area contributed by atoms with Gasteiger partial charge in [-0.15, -0.1) is 0 Å². The topological polar surface area (TPSA) is 38.3 Å². The first-order valence-electron chi connectivity index (χ1n) is 4.68. The highest BCUT2D eigenvalue weighted by Crippen LogP contribution is 2.14. The van der Waals surface area contributed by atoms with Crippen molar-refractivity contribution in [3.8, 4) is 0 Å². The predicted octanol–water partition coefficient (Wildman–Crippen LogP) is 0.887. The third-order valence-corrected chi connectivity index (χ3v) is 2.21. The molecule has 1 N–H and O–H groups in total. The van der Waals surface area contributed by atoms with Crippen LogP contribution in [0.15, 0.2) is 0 Å². The van der Waals surface area contributed by atoms with Crippen LogP contribution in [-0.2, 0) is 9.53 Å². The number of hydrogen-bond donors (Lipinski definition) is 1. The van der Waals surface area contributed by atoms with E-state index in [1.54, 1.807) is 6.92 Å². The van der Waals surface area contributed by atoms with Crippen LogP contribution in [0.1, 0.15) is 19.8 Å². The molecule has 0 radical (unpaired) electrons. The molecule has 76 valence electrons. The molecule has 13 heavy (non-hydrogen) atoms. The first-order valence-corrected chi connectivity index (χ1v) is 4.68. The average molecular weight is 189 g/mol. The monoisotopic (exact) mass is 189 g/mol. The second-order valence-electron chi connectivity index (χ2n) is 3.45. The van der Waals surface area contributed by atoms with Crippen molar-refractivity contribution in [1.29, 1.82) is 0 Å². The summed E-state index contributed by atoms with van der Waals surface area (Å²) < 4.78 is 17.2. The molecule has 1 aliphatic heterocycles. The second-order valence-corrected chi connectivity index (χ2v) is 3.45. The molecule has 0 bridgehead atoms. The largest absolute Gasteiger partial charge is 0.381 e. The third kappa shape index (κ3) is 3.30. The van der Waals surface area contributed by atoms with E-state index in [1.807, 2.05) is 0 Å². The summed E-state index contributed by atoms with van der Waals surface area (Å²) in [5.41, 5.74) is 0. The molecule has 4 heteroatoms. The number of hydrogen-bond acceptors (Lipinski definition) is 2. The van der Waals surface area contributed by atoms with Crippen LogP contribution in [0.5, 0.6) is 0 Å². The van der Waals surface area contributed by atoms with E-state index in [4.69, 9.17) is 4.74 Å². The summed E-state index contributed by atoms with van der Waals surface area (Å²) in [5, 5.41) is 2.63. The fraction of sp³-hybridized carbons (Fsp3) is 0.889. The summed E-state index contributed by atoms with van der Waals surface area (Å²) >= 11 is 0. The zero-order chi connectivity index (χ0) is 9.68. The van der Waals surface area contributed by atoms with Gasteiger partial charge in [-0.3, -0.25) is 4.79 Å². The number of halogens is 1. The van der Waals surface area contributed by atoms with E-state index in [0.717, 1.165) is 12.8 Å². The molecular formula is C9H16FNO2. The Morgan fingerprint density at radius 3 is 2.77 bits per heavy atom.